The summed E-state index contributed by atoms with van der Waals surface area (Å²) in [5, 5.41) is 10.1. The number of oxime groups is 1. The molecule has 0 unspecified atom stereocenters. The smallest absolute Gasteiger partial charge is 0.269 e. The summed E-state index contributed by atoms with van der Waals surface area (Å²) < 4.78 is 4.88. The number of aryl methyl sites for hydroxylation is 1. The van der Waals surface area contributed by atoms with E-state index < -0.39 is 6.10 Å². The first kappa shape index (κ1) is 15.6. The molecule has 1 aromatic carbocycles. The molecule has 0 bridgehead atoms. The van der Waals surface area contributed by atoms with Crippen LogP contribution in [0, 0.1) is 6.92 Å². The number of benzene rings is 1. The first-order valence-electron chi connectivity index (χ1n) is 6.89. The molecule has 0 spiro atoms. The first-order chi connectivity index (χ1) is 10.6. The maximum atomic E-state index is 12.1. The van der Waals surface area contributed by atoms with Crippen molar-refractivity contribution >= 4 is 17.6 Å². The summed E-state index contributed by atoms with van der Waals surface area (Å²) in [7, 11) is 0. The number of carbonyl (C=O) groups excluding carboxylic acids is 1. The Kier molecular flexibility index (Phi) is 5.13. The van der Waals surface area contributed by atoms with Crippen LogP contribution in [0.2, 0.25) is 0 Å². The maximum Gasteiger partial charge on any atom is 0.269 e. The third-order valence-electron chi connectivity index (χ3n) is 2.89. The monoisotopic (exact) mass is 302 g/mol. The second-order valence-electron chi connectivity index (χ2n) is 4.66. The van der Waals surface area contributed by atoms with Gasteiger partial charge in [-0.2, -0.15) is 0 Å². The second kappa shape index (κ2) is 7.26. The van der Waals surface area contributed by atoms with E-state index >= 15 is 0 Å². The fourth-order valence-corrected chi connectivity index (χ4v) is 1.72. The van der Waals surface area contributed by atoms with E-state index in [0.717, 1.165) is 5.56 Å². The number of anilines is 1. The lowest BCUT2D eigenvalue weighted by molar-refractivity contribution is -0.127. The second-order valence-corrected chi connectivity index (χ2v) is 4.66. The summed E-state index contributed by atoms with van der Waals surface area (Å²) in [4.78, 5) is 17.3. The van der Waals surface area contributed by atoms with Gasteiger partial charge in [-0.05, 0) is 13.3 Å². The normalized spacial score (nSPS) is 12.7. The Balaban J connectivity index is 1.98. The molecule has 0 aliphatic rings. The van der Waals surface area contributed by atoms with Crippen molar-refractivity contribution < 1.29 is 14.2 Å². The van der Waals surface area contributed by atoms with Crippen LogP contribution in [0.25, 0.3) is 0 Å². The van der Waals surface area contributed by atoms with Crippen LogP contribution < -0.4 is 11.1 Å². The van der Waals surface area contributed by atoms with Gasteiger partial charge in [-0.1, -0.05) is 47.6 Å². The molecule has 0 radical (unpaired) electrons. The fourth-order valence-electron chi connectivity index (χ4n) is 1.72. The van der Waals surface area contributed by atoms with E-state index in [1.165, 1.54) is 0 Å². The topological polar surface area (TPSA) is 103 Å². The number of carbonyl (C=O) groups is 1. The summed E-state index contributed by atoms with van der Waals surface area (Å²) in [6.07, 6.45) is -0.326. The minimum absolute atomic E-state index is 0.212. The zero-order chi connectivity index (χ0) is 15.9. The quantitative estimate of drug-likeness (QED) is 0.483. The van der Waals surface area contributed by atoms with E-state index in [2.05, 4.69) is 15.6 Å². The van der Waals surface area contributed by atoms with Crippen molar-refractivity contribution in [3.05, 3.63) is 47.7 Å². The van der Waals surface area contributed by atoms with Crippen molar-refractivity contribution in [2.24, 2.45) is 10.9 Å². The van der Waals surface area contributed by atoms with Crippen molar-refractivity contribution in [2.75, 3.05) is 5.32 Å². The first-order valence-corrected chi connectivity index (χ1v) is 6.89. The van der Waals surface area contributed by atoms with Gasteiger partial charge in [0.2, 0.25) is 6.10 Å². The Labute approximate surface area is 128 Å². The highest BCUT2D eigenvalue weighted by atomic mass is 16.6. The summed E-state index contributed by atoms with van der Waals surface area (Å²) >= 11 is 0. The number of nitrogens with zero attached hydrogens (tertiary/aromatic N) is 2. The fraction of sp³-hybridized carbons (Fsp3) is 0.267. The van der Waals surface area contributed by atoms with Crippen LogP contribution in [-0.2, 0) is 9.63 Å². The standard InChI is InChI=1S/C15H18N4O3/c1-3-12(15(20)17-13-9-10(2)21-18-13)22-19-14(16)11-7-5-4-6-8-11/h4-9,12H,3H2,1-2H3,(H2,16,19)(H,17,18,20)/t12-/m0/s1. The van der Waals surface area contributed by atoms with Gasteiger partial charge in [0.25, 0.3) is 5.91 Å². The number of rotatable bonds is 6. The summed E-state index contributed by atoms with van der Waals surface area (Å²) in [6, 6.07) is 10.8. The van der Waals surface area contributed by atoms with E-state index in [9.17, 15) is 4.79 Å². The van der Waals surface area contributed by atoms with E-state index in [1.807, 2.05) is 25.1 Å². The van der Waals surface area contributed by atoms with Crippen LogP contribution in [-0.4, -0.2) is 23.0 Å². The van der Waals surface area contributed by atoms with Gasteiger partial charge in [-0.15, -0.1) is 0 Å². The van der Waals surface area contributed by atoms with Gasteiger partial charge in [-0.25, -0.2) is 0 Å². The molecule has 7 nitrogen and oxygen atoms in total. The van der Waals surface area contributed by atoms with Crippen molar-refractivity contribution in [1.29, 1.82) is 0 Å². The van der Waals surface area contributed by atoms with E-state index in [1.54, 1.807) is 25.1 Å². The van der Waals surface area contributed by atoms with Crippen LogP contribution in [0.15, 0.2) is 46.1 Å². The molecule has 1 amide bonds. The Hall–Kier alpha value is -2.83. The average molecular weight is 302 g/mol. The molecule has 1 atom stereocenters. The third kappa shape index (κ3) is 4.08. The largest absolute Gasteiger partial charge is 0.381 e. The van der Waals surface area contributed by atoms with Crippen LogP contribution in [0.3, 0.4) is 0 Å². The van der Waals surface area contributed by atoms with Crippen LogP contribution >= 0.6 is 0 Å². The Morgan fingerprint density at radius 3 is 2.77 bits per heavy atom. The van der Waals surface area contributed by atoms with Gasteiger partial charge < -0.3 is 20.4 Å². The van der Waals surface area contributed by atoms with Gasteiger partial charge in [0.15, 0.2) is 11.7 Å². The van der Waals surface area contributed by atoms with Gasteiger partial charge in [0.1, 0.15) is 5.76 Å². The molecule has 0 fully saturated rings. The highest BCUT2D eigenvalue weighted by Crippen LogP contribution is 2.10. The molecule has 1 heterocycles. The van der Waals surface area contributed by atoms with Gasteiger partial charge in [0, 0.05) is 11.6 Å². The molecule has 3 N–H and O–H groups in total. The van der Waals surface area contributed by atoms with Crippen LogP contribution in [0.1, 0.15) is 24.7 Å². The SMILES string of the molecule is CC[C@H](O/N=C(\N)c1ccccc1)C(=O)Nc1cc(C)on1. The third-order valence-corrected chi connectivity index (χ3v) is 2.89. The summed E-state index contributed by atoms with van der Waals surface area (Å²) in [6.45, 7) is 3.55. The molecule has 0 aliphatic heterocycles. The van der Waals surface area contributed by atoms with Crippen molar-refractivity contribution in [3.8, 4) is 0 Å². The van der Waals surface area contributed by atoms with Gasteiger partial charge in [-0.3, -0.25) is 4.79 Å². The highest BCUT2D eigenvalue weighted by molar-refractivity contribution is 5.97. The number of amidine groups is 1. The Bertz CT molecular complexity index is 652. The number of nitrogens with two attached hydrogens (primary N) is 1. The minimum atomic E-state index is -0.765. The van der Waals surface area contributed by atoms with Crippen molar-refractivity contribution in [2.45, 2.75) is 26.4 Å². The summed E-state index contributed by atoms with van der Waals surface area (Å²) in [5.41, 5.74) is 6.55. The molecule has 22 heavy (non-hydrogen) atoms. The molecule has 7 heteroatoms. The van der Waals surface area contributed by atoms with E-state index in [4.69, 9.17) is 15.1 Å². The predicted molar refractivity (Wildman–Crippen MR) is 82.2 cm³/mol. The van der Waals surface area contributed by atoms with Crippen molar-refractivity contribution in [1.82, 2.24) is 5.16 Å². The van der Waals surface area contributed by atoms with E-state index in [-0.39, 0.29) is 11.7 Å². The van der Waals surface area contributed by atoms with Crippen LogP contribution in [0.5, 0.6) is 0 Å². The van der Waals surface area contributed by atoms with Gasteiger partial charge >= 0.3 is 0 Å². The zero-order valence-corrected chi connectivity index (χ0v) is 12.4. The lowest BCUT2D eigenvalue weighted by Gasteiger charge is -2.12. The number of aromatic nitrogens is 1. The molecule has 1 aromatic heterocycles. The molecule has 116 valence electrons. The highest BCUT2D eigenvalue weighted by Gasteiger charge is 2.19. The molecular weight excluding hydrogens is 284 g/mol. The minimum Gasteiger partial charge on any atom is -0.381 e. The van der Waals surface area contributed by atoms with Crippen LogP contribution in [0.4, 0.5) is 5.82 Å². The molecule has 0 aliphatic carbocycles. The zero-order valence-electron chi connectivity index (χ0n) is 12.4. The summed E-state index contributed by atoms with van der Waals surface area (Å²) in [5.74, 6) is 0.796. The molecule has 2 aromatic rings. The van der Waals surface area contributed by atoms with Crippen molar-refractivity contribution in [3.63, 3.8) is 0 Å². The average Bonchev–Trinajstić information content (AvgIpc) is 2.93. The lowest BCUT2D eigenvalue weighted by atomic mass is 10.2. The van der Waals surface area contributed by atoms with Gasteiger partial charge in [0.05, 0.1) is 0 Å². The molecular formula is C15H18N4O3. The number of hydrogen-bond acceptors (Lipinski definition) is 5. The lowest BCUT2D eigenvalue weighted by Crippen LogP contribution is -2.29. The predicted octanol–water partition coefficient (Wildman–Crippen LogP) is 2.04. The Morgan fingerprint density at radius 1 is 1.45 bits per heavy atom. The van der Waals surface area contributed by atoms with E-state index in [0.29, 0.717) is 18.0 Å². The molecule has 0 saturated carbocycles. The number of nitrogens with one attached hydrogen (secondary N) is 1. The maximum absolute atomic E-state index is 12.1. The molecule has 0 saturated heterocycles. The molecule has 2 rings (SSSR count). The number of amides is 1. The number of hydrogen-bond donors (Lipinski definition) is 2. The Morgan fingerprint density at radius 2 is 2.18 bits per heavy atom.